The minimum atomic E-state index is -0.562. The van der Waals surface area contributed by atoms with Gasteiger partial charge in [0.2, 0.25) is 0 Å². The Morgan fingerprint density at radius 2 is 2.24 bits per heavy atom. The third-order valence-corrected chi connectivity index (χ3v) is 6.19. The monoisotopic (exact) mass is 436 g/mol. The Balaban J connectivity index is 1.48. The Morgan fingerprint density at radius 1 is 1.41 bits per heavy atom. The van der Waals surface area contributed by atoms with Crippen LogP contribution < -0.4 is 5.32 Å². The van der Waals surface area contributed by atoms with Gasteiger partial charge in [0, 0.05) is 36.6 Å². The average Bonchev–Trinajstić information content (AvgIpc) is 3.36. The van der Waals surface area contributed by atoms with Gasteiger partial charge in [-0.05, 0) is 18.9 Å². The van der Waals surface area contributed by atoms with Gasteiger partial charge in [-0.15, -0.1) is 0 Å². The first kappa shape index (κ1) is 19.7. The van der Waals surface area contributed by atoms with Crippen LogP contribution in [0.1, 0.15) is 33.8 Å². The molecule has 1 aromatic carbocycles. The number of nitro benzene ring substituents is 1. The summed E-state index contributed by atoms with van der Waals surface area (Å²) in [5.41, 5.74) is 0.750. The molecule has 2 aliphatic rings. The molecule has 152 valence electrons. The number of amides is 2. The number of thiazole rings is 1. The summed E-state index contributed by atoms with van der Waals surface area (Å²) in [5, 5.41) is 14.4. The van der Waals surface area contributed by atoms with E-state index in [0.29, 0.717) is 37.7 Å². The molecule has 0 bridgehead atoms. The van der Waals surface area contributed by atoms with Crippen molar-refractivity contribution in [1.29, 1.82) is 0 Å². The summed E-state index contributed by atoms with van der Waals surface area (Å²) in [4.78, 5) is 42.4. The first-order chi connectivity index (χ1) is 13.9. The van der Waals surface area contributed by atoms with Gasteiger partial charge in [0.05, 0.1) is 27.7 Å². The Kier molecular flexibility index (Phi) is 5.48. The van der Waals surface area contributed by atoms with Gasteiger partial charge < -0.3 is 9.64 Å². The number of non-ortho nitro benzene ring substituents is 1. The zero-order valence-electron chi connectivity index (χ0n) is 15.2. The van der Waals surface area contributed by atoms with Crippen LogP contribution in [0, 0.1) is 10.1 Å². The highest BCUT2D eigenvalue weighted by Gasteiger charge is 2.29. The summed E-state index contributed by atoms with van der Waals surface area (Å²) >= 11 is 7.42. The van der Waals surface area contributed by atoms with E-state index in [9.17, 15) is 19.7 Å². The van der Waals surface area contributed by atoms with Crippen molar-refractivity contribution >= 4 is 45.6 Å². The Hall–Kier alpha value is -2.56. The summed E-state index contributed by atoms with van der Waals surface area (Å²) in [7, 11) is 0. The number of nitrogens with one attached hydrogen (secondary N) is 1. The van der Waals surface area contributed by atoms with E-state index in [1.54, 1.807) is 4.90 Å². The number of halogens is 1. The molecule has 1 saturated heterocycles. The minimum absolute atomic E-state index is 0.0979. The lowest BCUT2D eigenvalue weighted by Crippen LogP contribution is -2.35. The smallest absolute Gasteiger partial charge is 0.270 e. The number of hydrogen-bond donors (Lipinski definition) is 1. The third kappa shape index (κ3) is 4.09. The van der Waals surface area contributed by atoms with Crippen molar-refractivity contribution in [2.75, 3.05) is 18.5 Å². The van der Waals surface area contributed by atoms with Gasteiger partial charge >= 0.3 is 0 Å². The minimum Gasteiger partial charge on any atom is -0.368 e. The van der Waals surface area contributed by atoms with Gasteiger partial charge in [0.25, 0.3) is 17.5 Å². The number of hydrogen-bond acceptors (Lipinski definition) is 7. The van der Waals surface area contributed by atoms with Crippen LogP contribution in [-0.2, 0) is 22.5 Å². The number of benzene rings is 1. The molecule has 1 N–H and O–H groups in total. The third-order valence-electron chi connectivity index (χ3n) is 4.86. The summed E-state index contributed by atoms with van der Waals surface area (Å²) < 4.78 is 5.38. The molecule has 2 aromatic rings. The maximum atomic E-state index is 12.9. The molecule has 1 fully saturated rings. The first-order valence-corrected chi connectivity index (χ1v) is 10.3. The second-order valence-corrected chi connectivity index (χ2v) is 8.27. The second kappa shape index (κ2) is 8.05. The number of rotatable bonds is 4. The van der Waals surface area contributed by atoms with Gasteiger partial charge in [-0.1, -0.05) is 22.9 Å². The molecule has 1 aromatic heterocycles. The van der Waals surface area contributed by atoms with Gasteiger partial charge in [0.15, 0.2) is 5.13 Å². The first-order valence-electron chi connectivity index (χ1n) is 9.06. The van der Waals surface area contributed by atoms with Crippen molar-refractivity contribution < 1.29 is 19.2 Å². The largest absolute Gasteiger partial charge is 0.368 e. The topological polar surface area (TPSA) is 115 Å². The molecule has 0 spiro atoms. The van der Waals surface area contributed by atoms with Crippen LogP contribution in [-0.4, -0.2) is 45.9 Å². The second-order valence-electron chi connectivity index (χ2n) is 6.78. The number of carbonyl (C=O) groups excluding carboxylic acids is 2. The fraction of sp³-hybridized carbons (Fsp3) is 0.389. The van der Waals surface area contributed by atoms with Crippen molar-refractivity contribution in [1.82, 2.24) is 9.88 Å². The van der Waals surface area contributed by atoms with Crippen molar-refractivity contribution in [2.24, 2.45) is 0 Å². The lowest BCUT2D eigenvalue weighted by atomic mass is 10.1. The SMILES string of the molecule is O=C(Nc1nc2c(s1)CN(C(=O)c1cc([N+](=O)[O-])ccc1Cl)CC2)C1CCCO1. The maximum absolute atomic E-state index is 12.9. The van der Waals surface area contributed by atoms with Crippen molar-refractivity contribution in [3.05, 3.63) is 49.5 Å². The Bertz CT molecular complexity index is 989. The van der Waals surface area contributed by atoms with Gasteiger partial charge in [-0.3, -0.25) is 25.0 Å². The van der Waals surface area contributed by atoms with Crippen LogP contribution >= 0.6 is 22.9 Å². The summed E-state index contributed by atoms with van der Waals surface area (Å²) in [6.07, 6.45) is 1.65. The molecule has 1 unspecified atom stereocenters. The van der Waals surface area contributed by atoms with Gasteiger partial charge in [-0.25, -0.2) is 4.98 Å². The lowest BCUT2D eigenvalue weighted by molar-refractivity contribution is -0.384. The number of aromatic nitrogens is 1. The quantitative estimate of drug-likeness (QED) is 0.582. The summed E-state index contributed by atoms with van der Waals surface area (Å²) in [6.45, 7) is 1.30. The molecule has 2 amide bonds. The van der Waals surface area contributed by atoms with E-state index in [1.807, 2.05) is 0 Å². The molecule has 0 saturated carbocycles. The normalized spacial score (nSPS) is 18.4. The number of nitro groups is 1. The molecule has 0 radical (unpaired) electrons. The van der Waals surface area contributed by atoms with Crippen LogP contribution in [0.2, 0.25) is 5.02 Å². The molecular formula is C18H17ClN4O5S. The van der Waals surface area contributed by atoms with Crippen molar-refractivity contribution in [3.63, 3.8) is 0 Å². The molecule has 0 aliphatic carbocycles. The molecule has 2 aliphatic heterocycles. The fourth-order valence-electron chi connectivity index (χ4n) is 3.35. The van der Waals surface area contributed by atoms with E-state index in [1.165, 1.54) is 29.5 Å². The fourth-order valence-corrected chi connectivity index (χ4v) is 4.58. The number of carbonyl (C=O) groups is 2. The van der Waals surface area contributed by atoms with E-state index in [-0.39, 0.29) is 28.1 Å². The van der Waals surface area contributed by atoms with Crippen LogP contribution in [0.5, 0.6) is 0 Å². The Labute approximate surface area is 174 Å². The molecule has 1 atom stereocenters. The lowest BCUT2D eigenvalue weighted by Gasteiger charge is -2.26. The number of anilines is 1. The molecule has 9 nitrogen and oxygen atoms in total. The van der Waals surface area contributed by atoms with E-state index in [0.717, 1.165) is 17.0 Å². The number of ether oxygens (including phenoxy) is 1. The van der Waals surface area contributed by atoms with Crippen LogP contribution in [0.25, 0.3) is 0 Å². The predicted octanol–water partition coefficient (Wildman–Crippen LogP) is 3.02. The van der Waals surface area contributed by atoms with Gasteiger partial charge in [-0.2, -0.15) is 0 Å². The average molecular weight is 437 g/mol. The standard InChI is InChI=1S/C18H17ClN4O5S/c19-12-4-3-10(23(26)27)8-11(12)17(25)22-6-5-13-15(9-22)29-18(20-13)21-16(24)14-2-1-7-28-14/h3-4,8,14H,1-2,5-7,9H2,(H,20,21,24). The summed E-state index contributed by atoms with van der Waals surface area (Å²) in [6, 6.07) is 3.81. The van der Waals surface area contributed by atoms with Crippen LogP contribution in [0.15, 0.2) is 18.2 Å². The van der Waals surface area contributed by atoms with E-state index in [4.69, 9.17) is 16.3 Å². The van der Waals surface area contributed by atoms with Gasteiger partial charge in [0.1, 0.15) is 6.10 Å². The van der Waals surface area contributed by atoms with Crippen LogP contribution in [0.3, 0.4) is 0 Å². The van der Waals surface area contributed by atoms with E-state index < -0.39 is 11.0 Å². The Morgan fingerprint density at radius 3 is 2.97 bits per heavy atom. The highest BCUT2D eigenvalue weighted by molar-refractivity contribution is 7.15. The molecule has 29 heavy (non-hydrogen) atoms. The highest BCUT2D eigenvalue weighted by atomic mass is 35.5. The van der Waals surface area contributed by atoms with Crippen LogP contribution in [0.4, 0.5) is 10.8 Å². The zero-order chi connectivity index (χ0) is 20.5. The molecule has 4 rings (SSSR count). The number of fused-ring (bicyclic) bond motifs is 1. The molecular weight excluding hydrogens is 420 g/mol. The van der Waals surface area contributed by atoms with Crippen molar-refractivity contribution in [2.45, 2.75) is 31.9 Å². The highest BCUT2D eigenvalue weighted by Crippen LogP contribution is 2.31. The number of nitrogens with zero attached hydrogens (tertiary/aromatic N) is 3. The maximum Gasteiger partial charge on any atom is 0.270 e. The summed E-state index contributed by atoms with van der Waals surface area (Å²) in [5.74, 6) is -0.576. The molecule has 11 heteroatoms. The van der Waals surface area contributed by atoms with Crippen molar-refractivity contribution in [3.8, 4) is 0 Å². The zero-order valence-corrected chi connectivity index (χ0v) is 16.8. The van der Waals surface area contributed by atoms with E-state index >= 15 is 0 Å². The molecule has 3 heterocycles. The van der Waals surface area contributed by atoms with E-state index in [2.05, 4.69) is 10.3 Å². The predicted molar refractivity (Wildman–Crippen MR) is 106 cm³/mol.